The molecule has 0 saturated carbocycles. The van der Waals surface area contributed by atoms with Crippen molar-refractivity contribution >= 4 is 11.3 Å². The van der Waals surface area contributed by atoms with Crippen LogP contribution in [0.15, 0.2) is 0 Å². The molecule has 0 radical (unpaired) electrons. The molecule has 0 spiro atoms. The summed E-state index contributed by atoms with van der Waals surface area (Å²) in [5, 5.41) is 4.84. The van der Waals surface area contributed by atoms with E-state index in [-0.39, 0.29) is 0 Å². The van der Waals surface area contributed by atoms with E-state index >= 15 is 0 Å². The van der Waals surface area contributed by atoms with Gasteiger partial charge < -0.3 is 5.32 Å². The topological polar surface area (TPSA) is 24.9 Å². The molecule has 98 valence electrons. The second kappa shape index (κ2) is 7.83. The molecule has 17 heavy (non-hydrogen) atoms. The molecule has 0 aromatic carbocycles. The Morgan fingerprint density at radius 1 is 1.24 bits per heavy atom. The Morgan fingerprint density at radius 2 is 1.94 bits per heavy atom. The Kier molecular flexibility index (Phi) is 6.75. The van der Waals surface area contributed by atoms with Crippen LogP contribution in [0.2, 0.25) is 0 Å². The zero-order valence-corrected chi connectivity index (χ0v) is 12.5. The highest BCUT2D eigenvalue weighted by Gasteiger charge is 2.14. The minimum Gasteiger partial charge on any atom is -0.312 e. The fourth-order valence-corrected chi connectivity index (χ4v) is 3.23. The van der Waals surface area contributed by atoms with Crippen molar-refractivity contribution < 1.29 is 0 Å². The van der Waals surface area contributed by atoms with E-state index in [0.29, 0.717) is 5.92 Å². The molecule has 0 unspecified atom stereocenters. The van der Waals surface area contributed by atoms with Gasteiger partial charge >= 0.3 is 0 Å². The Labute approximate surface area is 110 Å². The van der Waals surface area contributed by atoms with Gasteiger partial charge in [-0.05, 0) is 32.7 Å². The summed E-state index contributed by atoms with van der Waals surface area (Å²) in [4.78, 5) is 6.15. The highest BCUT2D eigenvalue weighted by Crippen LogP contribution is 2.29. The summed E-state index contributed by atoms with van der Waals surface area (Å²) in [7, 11) is 0. The minimum absolute atomic E-state index is 0.656. The maximum atomic E-state index is 4.73. The Balaban J connectivity index is 2.55. The number of hydrogen-bond acceptors (Lipinski definition) is 3. The lowest BCUT2D eigenvalue weighted by molar-refractivity contribution is 0.635. The first kappa shape index (κ1) is 14.7. The lowest BCUT2D eigenvalue weighted by Crippen LogP contribution is -2.14. The van der Waals surface area contributed by atoms with Gasteiger partial charge in [-0.3, -0.25) is 0 Å². The highest BCUT2D eigenvalue weighted by molar-refractivity contribution is 7.11. The van der Waals surface area contributed by atoms with Crippen molar-refractivity contribution in [3.05, 3.63) is 15.6 Å². The average Bonchev–Trinajstić information content (AvgIpc) is 2.68. The third kappa shape index (κ3) is 4.40. The number of hydrogen-bond donors (Lipinski definition) is 1. The Morgan fingerprint density at radius 3 is 2.53 bits per heavy atom. The molecule has 3 heteroatoms. The molecule has 1 aromatic rings. The molecule has 0 saturated heterocycles. The first-order chi connectivity index (χ1) is 8.22. The van der Waals surface area contributed by atoms with Gasteiger partial charge in [-0.25, -0.2) is 4.98 Å². The van der Waals surface area contributed by atoms with Crippen LogP contribution < -0.4 is 5.32 Å². The van der Waals surface area contributed by atoms with Crippen LogP contribution >= 0.6 is 11.3 Å². The van der Waals surface area contributed by atoms with Crippen LogP contribution in [0.1, 0.15) is 68.0 Å². The molecule has 0 fully saturated rings. The standard InChI is InChI=1S/C14H26N2S/c1-5-8-9-15-10-13-11(4)16-14(17-13)12(6-2)7-3/h12,15H,5-10H2,1-4H3. The lowest BCUT2D eigenvalue weighted by atomic mass is 10.1. The van der Waals surface area contributed by atoms with Crippen LogP contribution in [0, 0.1) is 6.92 Å². The molecule has 1 rings (SSSR count). The van der Waals surface area contributed by atoms with Crippen LogP contribution in [0.5, 0.6) is 0 Å². The van der Waals surface area contributed by atoms with E-state index in [1.807, 2.05) is 11.3 Å². The summed E-state index contributed by atoms with van der Waals surface area (Å²) in [6.07, 6.45) is 4.92. The normalized spacial score (nSPS) is 11.4. The van der Waals surface area contributed by atoms with Crippen molar-refractivity contribution in [3.63, 3.8) is 0 Å². The van der Waals surface area contributed by atoms with Crippen LogP contribution in [0.4, 0.5) is 0 Å². The molecule has 1 N–H and O–H groups in total. The van der Waals surface area contributed by atoms with Gasteiger partial charge in [0.05, 0.1) is 10.7 Å². The maximum absolute atomic E-state index is 4.73. The molecule has 0 aliphatic carbocycles. The molecular weight excluding hydrogens is 228 g/mol. The highest BCUT2D eigenvalue weighted by atomic mass is 32.1. The third-order valence-electron chi connectivity index (χ3n) is 3.24. The van der Waals surface area contributed by atoms with Gasteiger partial charge in [-0.1, -0.05) is 27.2 Å². The van der Waals surface area contributed by atoms with Gasteiger partial charge in [0.15, 0.2) is 0 Å². The quantitative estimate of drug-likeness (QED) is 0.702. The van der Waals surface area contributed by atoms with Gasteiger partial charge in [0, 0.05) is 17.3 Å². The van der Waals surface area contributed by atoms with Crippen LogP contribution in [0.25, 0.3) is 0 Å². The van der Waals surface area contributed by atoms with E-state index in [2.05, 4.69) is 33.0 Å². The molecule has 0 aliphatic rings. The van der Waals surface area contributed by atoms with Crippen molar-refractivity contribution in [3.8, 4) is 0 Å². The zero-order chi connectivity index (χ0) is 12.7. The molecule has 2 nitrogen and oxygen atoms in total. The second-order valence-corrected chi connectivity index (χ2v) is 5.72. The van der Waals surface area contributed by atoms with E-state index in [4.69, 9.17) is 4.98 Å². The van der Waals surface area contributed by atoms with E-state index in [9.17, 15) is 0 Å². The SMILES string of the molecule is CCCCNCc1sc(C(CC)CC)nc1C. The van der Waals surface area contributed by atoms with Gasteiger partial charge in [0.25, 0.3) is 0 Å². The largest absolute Gasteiger partial charge is 0.312 e. The van der Waals surface area contributed by atoms with Crippen LogP contribution in [0.3, 0.4) is 0 Å². The Bertz CT molecular complexity index is 316. The summed E-state index contributed by atoms with van der Waals surface area (Å²) >= 11 is 1.90. The first-order valence-corrected chi connectivity index (χ1v) is 7.71. The predicted octanol–water partition coefficient (Wildman–Crippen LogP) is 4.24. The van der Waals surface area contributed by atoms with Gasteiger partial charge in [-0.15, -0.1) is 11.3 Å². The van der Waals surface area contributed by atoms with Crippen molar-refractivity contribution in [2.24, 2.45) is 0 Å². The van der Waals surface area contributed by atoms with Crippen LogP contribution in [-0.4, -0.2) is 11.5 Å². The van der Waals surface area contributed by atoms with Crippen molar-refractivity contribution in [1.82, 2.24) is 10.3 Å². The summed E-state index contributed by atoms with van der Waals surface area (Å²) < 4.78 is 0. The molecule has 0 bridgehead atoms. The fraction of sp³-hybridized carbons (Fsp3) is 0.786. The maximum Gasteiger partial charge on any atom is 0.0962 e. The minimum atomic E-state index is 0.656. The van der Waals surface area contributed by atoms with E-state index in [0.717, 1.165) is 13.1 Å². The molecule has 0 amide bonds. The number of aryl methyl sites for hydroxylation is 1. The molecular formula is C14H26N2S. The average molecular weight is 254 g/mol. The fourth-order valence-electron chi connectivity index (χ4n) is 1.93. The van der Waals surface area contributed by atoms with Crippen molar-refractivity contribution in [1.29, 1.82) is 0 Å². The number of nitrogens with zero attached hydrogens (tertiary/aromatic N) is 1. The monoisotopic (exact) mass is 254 g/mol. The smallest absolute Gasteiger partial charge is 0.0962 e. The number of unbranched alkanes of at least 4 members (excludes halogenated alkanes) is 1. The Hall–Kier alpha value is -0.410. The van der Waals surface area contributed by atoms with E-state index in [1.54, 1.807) is 0 Å². The van der Waals surface area contributed by atoms with E-state index in [1.165, 1.54) is 41.3 Å². The van der Waals surface area contributed by atoms with E-state index < -0.39 is 0 Å². The molecule has 1 aromatic heterocycles. The van der Waals surface area contributed by atoms with Gasteiger partial charge in [0.1, 0.15) is 0 Å². The number of nitrogens with one attached hydrogen (secondary N) is 1. The van der Waals surface area contributed by atoms with Crippen LogP contribution in [-0.2, 0) is 6.54 Å². The lowest BCUT2D eigenvalue weighted by Gasteiger charge is -2.07. The summed E-state index contributed by atoms with van der Waals surface area (Å²) in [6, 6.07) is 0. The summed E-state index contributed by atoms with van der Waals surface area (Å²) in [6.45, 7) is 11.0. The van der Waals surface area contributed by atoms with Crippen molar-refractivity contribution in [2.75, 3.05) is 6.54 Å². The first-order valence-electron chi connectivity index (χ1n) is 6.89. The molecule has 0 aliphatic heterocycles. The number of thiazole rings is 1. The molecule has 1 heterocycles. The van der Waals surface area contributed by atoms with Gasteiger partial charge in [-0.2, -0.15) is 0 Å². The zero-order valence-electron chi connectivity index (χ0n) is 11.7. The summed E-state index contributed by atoms with van der Waals surface area (Å²) in [5.41, 5.74) is 1.22. The predicted molar refractivity (Wildman–Crippen MR) is 76.8 cm³/mol. The number of rotatable bonds is 8. The second-order valence-electron chi connectivity index (χ2n) is 4.60. The third-order valence-corrected chi connectivity index (χ3v) is 4.56. The molecule has 0 atom stereocenters. The van der Waals surface area contributed by atoms with Gasteiger partial charge in [0.2, 0.25) is 0 Å². The summed E-state index contributed by atoms with van der Waals surface area (Å²) in [5.74, 6) is 0.656. The number of aromatic nitrogens is 1. The van der Waals surface area contributed by atoms with Crippen molar-refractivity contribution in [2.45, 2.75) is 65.8 Å².